The van der Waals surface area contributed by atoms with Crippen LogP contribution in [0.4, 0.5) is 0 Å². The van der Waals surface area contributed by atoms with Gasteiger partial charge in [0.25, 0.3) is 0 Å². The maximum absolute atomic E-state index is 6.05. The molecule has 0 radical (unpaired) electrons. The average molecular weight is 470 g/mol. The van der Waals surface area contributed by atoms with Crippen molar-refractivity contribution in [2.75, 3.05) is 40.5 Å². The Hall–Kier alpha value is -3.24. The highest BCUT2D eigenvalue weighted by atomic mass is 16.5. The normalized spacial score (nSPS) is 15.5. The van der Waals surface area contributed by atoms with Crippen molar-refractivity contribution in [3.8, 4) is 17.2 Å². The summed E-state index contributed by atoms with van der Waals surface area (Å²) in [6, 6.07) is 21.3. The Morgan fingerprint density at radius 3 is 1.86 bits per heavy atom. The van der Waals surface area contributed by atoms with Crippen LogP contribution in [0.25, 0.3) is 11.6 Å². The fourth-order valence-corrected chi connectivity index (χ4v) is 5.21. The Morgan fingerprint density at radius 2 is 1.29 bits per heavy atom. The van der Waals surface area contributed by atoms with E-state index in [1.807, 2.05) is 0 Å². The van der Waals surface area contributed by atoms with Crippen molar-refractivity contribution in [3.05, 3.63) is 88.5 Å². The monoisotopic (exact) mass is 469 g/mol. The molecule has 35 heavy (non-hydrogen) atoms. The summed E-state index contributed by atoms with van der Waals surface area (Å²) in [4.78, 5) is 2.51. The van der Waals surface area contributed by atoms with E-state index in [9.17, 15) is 0 Å². The number of methoxy groups -OCH3 is 2. The van der Waals surface area contributed by atoms with Gasteiger partial charge in [-0.2, -0.15) is 0 Å². The number of hydrogen-bond acceptors (Lipinski definition) is 4. The molecule has 1 saturated heterocycles. The maximum Gasteiger partial charge on any atom is 0.119 e. The Kier molecular flexibility index (Phi) is 7.39. The summed E-state index contributed by atoms with van der Waals surface area (Å²) in [7, 11) is 3.45. The third kappa shape index (κ3) is 5.54. The van der Waals surface area contributed by atoms with E-state index in [-0.39, 0.29) is 0 Å². The Bertz CT molecular complexity index is 1120. The number of nitrogens with zero attached hydrogens (tertiary/aromatic N) is 1. The molecule has 1 aliphatic carbocycles. The minimum atomic E-state index is 0.741. The predicted octanol–water partition coefficient (Wildman–Crippen LogP) is 6.26. The van der Waals surface area contributed by atoms with Crippen LogP contribution in [0.3, 0.4) is 0 Å². The smallest absolute Gasteiger partial charge is 0.119 e. The van der Waals surface area contributed by atoms with E-state index < -0.39 is 0 Å². The largest absolute Gasteiger partial charge is 0.497 e. The molecule has 3 aromatic carbocycles. The highest BCUT2D eigenvalue weighted by Crippen LogP contribution is 2.38. The van der Waals surface area contributed by atoms with Gasteiger partial charge >= 0.3 is 0 Å². The van der Waals surface area contributed by atoms with Crippen LogP contribution in [-0.4, -0.2) is 45.4 Å². The van der Waals surface area contributed by atoms with E-state index in [4.69, 9.17) is 14.2 Å². The van der Waals surface area contributed by atoms with Crippen LogP contribution in [-0.2, 0) is 12.8 Å². The summed E-state index contributed by atoms with van der Waals surface area (Å²) in [5.74, 6) is 2.73. The van der Waals surface area contributed by atoms with E-state index in [1.54, 1.807) is 14.2 Å². The molecule has 182 valence electrons. The van der Waals surface area contributed by atoms with Gasteiger partial charge in [-0.15, -0.1) is 0 Å². The highest BCUT2D eigenvalue weighted by molar-refractivity contribution is 5.94. The van der Waals surface area contributed by atoms with E-state index in [0.29, 0.717) is 0 Å². The molecule has 1 aliphatic heterocycles. The van der Waals surface area contributed by atoms with E-state index in [1.165, 1.54) is 60.2 Å². The molecule has 4 heteroatoms. The van der Waals surface area contributed by atoms with Crippen LogP contribution >= 0.6 is 0 Å². The number of rotatable bonds is 7. The zero-order valence-corrected chi connectivity index (χ0v) is 20.9. The van der Waals surface area contributed by atoms with Gasteiger partial charge in [-0.1, -0.05) is 30.7 Å². The first-order valence-corrected chi connectivity index (χ1v) is 12.7. The fraction of sp³-hybridized carbons (Fsp3) is 0.355. The van der Waals surface area contributed by atoms with Crippen LogP contribution in [0.2, 0.25) is 0 Å². The molecule has 1 heterocycles. The van der Waals surface area contributed by atoms with Crippen molar-refractivity contribution in [1.82, 2.24) is 4.90 Å². The second-order valence-electron chi connectivity index (χ2n) is 9.42. The van der Waals surface area contributed by atoms with Gasteiger partial charge in [0.05, 0.1) is 14.2 Å². The third-order valence-corrected chi connectivity index (χ3v) is 7.18. The summed E-state index contributed by atoms with van der Waals surface area (Å²) in [6.45, 7) is 4.16. The van der Waals surface area contributed by atoms with Gasteiger partial charge in [0, 0.05) is 6.54 Å². The average Bonchev–Trinajstić information content (AvgIpc) is 3.06. The summed E-state index contributed by atoms with van der Waals surface area (Å²) in [5.41, 5.74) is 7.53. The molecular formula is C31H35NO3. The second-order valence-corrected chi connectivity index (χ2v) is 9.42. The summed E-state index contributed by atoms with van der Waals surface area (Å²) < 4.78 is 17.1. The predicted molar refractivity (Wildman–Crippen MR) is 143 cm³/mol. The number of aryl methyl sites for hydroxylation is 2. The maximum atomic E-state index is 6.05. The van der Waals surface area contributed by atoms with Crippen LogP contribution in [0.5, 0.6) is 17.2 Å². The summed E-state index contributed by atoms with van der Waals surface area (Å²) in [6.07, 6.45) is 8.22. The van der Waals surface area contributed by atoms with E-state index >= 15 is 0 Å². The number of piperidine rings is 1. The van der Waals surface area contributed by atoms with Crippen LogP contribution in [0.15, 0.2) is 60.7 Å². The first-order valence-electron chi connectivity index (χ1n) is 12.7. The number of hydrogen-bond donors (Lipinski definition) is 0. The molecule has 0 unspecified atom stereocenters. The van der Waals surface area contributed by atoms with Crippen molar-refractivity contribution < 1.29 is 14.2 Å². The van der Waals surface area contributed by atoms with Gasteiger partial charge in [0.2, 0.25) is 0 Å². The van der Waals surface area contributed by atoms with Gasteiger partial charge in [-0.3, -0.25) is 4.90 Å². The molecule has 0 amide bonds. The van der Waals surface area contributed by atoms with Crippen LogP contribution in [0, 0.1) is 0 Å². The van der Waals surface area contributed by atoms with Gasteiger partial charge < -0.3 is 14.2 Å². The van der Waals surface area contributed by atoms with Crippen molar-refractivity contribution in [3.63, 3.8) is 0 Å². The van der Waals surface area contributed by atoms with E-state index in [0.717, 1.165) is 48.8 Å². The quantitative estimate of drug-likeness (QED) is 0.409. The van der Waals surface area contributed by atoms with Gasteiger partial charge in [0.1, 0.15) is 23.9 Å². The molecule has 3 aromatic rings. The zero-order valence-electron chi connectivity index (χ0n) is 20.9. The van der Waals surface area contributed by atoms with Crippen molar-refractivity contribution in [1.29, 1.82) is 0 Å². The summed E-state index contributed by atoms with van der Waals surface area (Å²) in [5, 5.41) is 0. The Balaban J connectivity index is 1.40. The molecule has 0 spiro atoms. The number of fused-ring (bicyclic) bond motifs is 2. The molecule has 0 N–H and O–H groups in total. The molecule has 4 nitrogen and oxygen atoms in total. The molecule has 5 rings (SSSR count). The van der Waals surface area contributed by atoms with Crippen molar-refractivity contribution >= 4 is 11.6 Å². The summed E-state index contributed by atoms with van der Waals surface area (Å²) >= 11 is 0. The van der Waals surface area contributed by atoms with Crippen molar-refractivity contribution in [2.45, 2.75) is 32.1 Å². The minimum Gasteiger partial charge on any atom is -0.497 e. The Labute approximate surface area is 209 Å². The number of ether oxygens (including phenoxy) is 3. The molecule has 0 bridgehead atoms. The minimum absolute atomic E-state index is 0.741. The standard InChI is InChI=1S/C31H35NO3/c1-33-27-12-14-29-24(21-27)8-9-25-22-28(34-2)13-15-30(25)31(29)20-23-6-10-26(11-7-23)35-19-18-32-16-4-3-5-17-32/h6-7,10-15,20-22H,3-5,8-9,16-19H2,1-2H3. The molecule has 0 atom stereocenters. The Morgan fingerprint density at radius 1 is 0.714 bits per heavy atom. The lowest BCUT2D eigenvalue weighted by molar-refractivity contribution is 0.183. The zero-order chi connectivity index (χ0) is 24.0. The van der Waals surface area contributed by atoms with Crippen molar-refractivity contribution in [2.24, 2.45) is 0 Å². The first kappa shape index (κ1) is 23.5. The third-order valence-electron chi connectivity index (χ3n) is 7.18. The lowest BCUT2D eigenvalue weighted by Crippen LogP contribution is -2.33. The van der Waals surface area contributed by atoms with Gasteiger partial charge in [-0.05, 0) is 115 Å². The highest BCUT2D eigenvalue weighted by Gasteiger charge is 2.19. The van der Waals surface area contributed by atoms with E-state index in [2.05, 4.69) is 71.6 Å². The second kappa shape index (κ2) is 11.0. The molecule has 2 aliphatic rings. The lowest BCUT2D eigenvalue weighted by atomic mass is 9.92. The van der Waals surface area contributed by atoms with Crippen LogP contribution in [0.1, 0.15) is 47.1 Å². The lowest BCUT2D eigenvalue weighted by Gasteiger charge is -2.26. The van der Waals surface area contributed by atoms with Crippen LogP contribution < -0.4 is 14.2 Å². The molecular weight excluding hydrogens is 434 g/mol. The number of likely N-dealkylation sites (tertiary alicyclic amines) is 1. The molecule has 0 saturated carbocycles. The molecule has 0 aromatic heterocycles. The first-order chi connectivity index (χ1) is 17.2. The van der Waals surface area contributed by atoms with Gasteiger partial charge in [0.15, 0.2) is 0 Å². The topological polar surface area (TPSA) is 30.9 Å². The SMILES string of the molecule is COc1ccc2c(c1)CCc1cc(OC)ccc1C2=Cc1ccc(OCCN2CCCCC2)cc1. The van der Waals surface area contributed by atoms with Gasteiger partial charge in [-0.25, -0.2) is 0 Å². The molecule has 1 fully saturated rings. The fourth-order valence-electron chi connectivity index (χ4n) is 5.21. The number of benzene rings is 3.